The van der Waals surface area contributed by atoms with Crippen LogP contribution in [0.25, 0.3) is 0 Å². The lowest BCUT2D eigenvalue weighted by molar-refractivity contribution is 0.183. The van der Waals surface area contributed by atoms with Crippen LogP contribution in [0.5, 0.6) is 5.75 Å². The molecule has 1 heterocycles. The summed E-state index contributed by atoms with van der Waals surface area (Å²) in [6.07, 6.45) is 3.49. The van der Waals surface area contributed by atoms with E-state index in [0.717, 1.165) is 11.4 Å². The number of aryl methyl sites for hydroxylation is 2. The zero-order valence-corrected chi connectivity index (χ0v) is 13.6. The van der Waals surface area contributed by atoms with Crippen LogP contribution in [0.2, 0.25) is 0 Å². The summed E-state index contributed by atoms with van der Waals surface area (Å²) in [6.45, 7) is 2.30. The molecule has 0 aliphatic rings. The zero-order valence-electron chi connectivity index (χ0n) is 13.6. The number of benzene rings is 1. The molecule has 0 spiro atoms. The Morgan fingerprint density at radius 2 is 2.26 bits per heavy atom. The highest BCUT2D eigenvalue weighted by molar-refractivity contribution is 5.92. The van der Waals surface area contributed by atoms with Gasteiger partial charge in [0.05, 0.1) is 25.9 Å². The van der Waals surface area contributed by atoms with Gasteiger partial charge in [-0.1, -0.05) is 12.1 Å². The predicted molar refractivity (Wildman–Crippen MR) is 87.5 cm³/mol. The minimum atomic E-state index is -0.311. The summed E-state index contributed by atoms with van der Waals surface area (Å²) >= 11 is 0. The van der Waals surface area contributed by atoms with Gasteiger partial charge in [0.15, 0.2) is 0 Å². The number of para-hydroxylation sites is 1. The van der Waals surface area contributed by atoms with E-state index < -0.39 is 0 Å². The monoisotopic (exact) mass is 318 g/mol. The quantitative estimate of drug-likeness (QED) is 0.850. The van der Waals surface area contributed by atoms with Crippen molar-refractivity contribution < 1.29 is 14.6 Å². The minimum absolute atomic E-state index is 0.122. The molecule has 0 aliphatic carbocycles. The fourth-order valence-electron chi connectivity index (χ4n) is 2.25. The number of hydrogen-bond donors (Lipinski definition) is 2. The van der Waals surface area contributed by atoms with Crippen molar-refractivity contribution in [1.29, 1.82) is 0 Å². The van der Waals surface area contributed by atoms with E-state index in [-0.39, 0.29) is 19.2 Å². The molecule has 23 heavy (non-hydrogen) atoms. The lowest BCUT2D eigenvalue weighted by Gasteiger charge is -2.23. The molecule has 1 aromatic carbocycles. The molecule has 2 rings (SSSR count). The van der Waals surface area contributed by atoms with E-state index in [1.165, 1.54) is 4.90 Å². The van der Waals surface area contributed by atoms with Crippen LogP contribution in [0.15, 0.2) is 30.6 Å². The number of nitrogens with one attached hydrogen (secondary N) is 1. The number of urea groups is 1. The molecule has 0 unspecified atom stereocenters. The molecule has 0 radical (unpaired) electrons. The van der Waals surface area contributed by atoms with Gasteiger partial charge in [0.1, 0.15) is 11.6 Å². The average molecular weight is 318 g/mol. The first kappa shape index (κ1) is 16.8. The van der Waals surface area contributed by atoms with Gasteiger partial charge in [-0.3, -0.25) is 0 Å². The average Bonchev–Trinajstić information content (AvgIpc) is 2.94. The van der Waals surface area contributed by atoms with Crippen molar-refractivity contribution in [3.63, 3.8) is 0 Å². The first-order chi connectivity index (χ1) is 11.1. The van der Waals surface area contributed by atoms with Gasteiger partial charge >= 0.3 is 6.03 Å². The van der Waals surface area contributed by atoms with Crippen molar-refractivity contribution in [2.75, 3.05) is 25.6 Å². The van der Waals surface area contributed by atoms with E-state index in [9.17, 15) is 9.90 Å². The molecule has 2 amide bonds. The maximum atomic E-state index is 12.6. The maximum Gasteiger partial charge on any atom is 0.322 e. The number of ether oxygens (including phenoxy) is 1. The van der Waals surface area contributed by atoms with Gasteiger partial charge in [0.2, 0.25) is 0 Å². The number of imidazole rings is 1. The van der Waals surface area contributed by atoms with Crippen LogP contribution in [-0.2, 0) is 13.6 Å². The molecular weight excluding hydrogens is 296 g/mol. The Kier molecular flexibility index (Phi) is 5.59. The van der Waals surface area contributed by atoms with Crippen molar-refractivity contribution in [1.82, 2.24) is 14.5 Å². The Hall–Kier alpha value is -2.54. The Bertz CT molecular complexity index is 669. The number of anilines is 1. The Morgan fingerprint density at radius 3 is 2.87 bits per heavy atom. The van der Waals surface area contributed by atoms with Gasteiger partial charge in [-0.2, -0.15) is 0 Å². The van der Waals surface area contributed by atoms with Crippen LogP contribution >= 0.6 is 0 Å². The van der Waals surface area contributed by atoms with E-state index in [1.807, 2.05) is 36.9 Å². The molecule has 124 valence electrons. The van der Waals surface area contributed by atoms with Gasteiger partial charge in [-0.25, -0.2) is 9.78 Å². The molecular formula is C16H22N4O3. The normalized spacial score (nSPS) is 10.4. The third kappa shape index (κ3) is 4.01. The summed E-state index contributed by atoms with van der Waals surface area (Å²) in [4.78, 5) is 18.3. The highest BCUT2D eigenvalue weighted by Crippen LogP contribution is 2.28. The van der Waals surface area contributed by atoms with Crippen molar-refractivity contribution in [2.24, 2.45) is 7.05 Å². The van der Waals surface area contributed by atoms with Gasteiger partial charge in [-0.15, -0.1) is 0 Å². The van der Waals surface area contributed by atoms with E-state index in [0.29, 0.717) is 18.0 Å². The summed E-state index contributed by atoms with van der Waals surface area (Å²) in [6, 6.07) is 5.24. The molecule has 7 nitrogen and oxygen atoms in total. The van der Waals surface area contributed by atoms with Crippen molar-refractivity contribution in [2.45, 2.75) is 13.5 Å². The second-order valence-corrected chi connectivity index (χ2v) is 5.18. The van der Waals surface area contributed by atoms with Gasteiger partial charge < -0.3 is 24.6 Å². The van der Waals surface area contributed by atoms with Crippen LogP contribution in [-0.4, -0.2) is 45.9 Å². The SMILES string of the molecule is COc1cccc(C)c1NC(=O)N(CCO)Cc1nccn1C. The summed E-state index contributed by atoms with van der Waals surface area (Å²) < 4.78 is 7.13. The predicted octanol–water partition coefficient (Wildman–Crippen LogP) is 1.76. The molecule has 0 atom stereocenters. The number of aromatic nitrogens is 2. The van der Waals surface area contributed by atoms with E-state index in [1.54, 1.807) is 19.4 Å². The van der Waals surface area contributed by atoms with Crippen LogP contribution in [0.1, 0.15) is 11.4 Å². The van der Waals surface area contributed by atoms with Gasteiger partial charge in [0.25, 0.3) is 0 Å². The second kappa shape index (κ2) is 7.64. The largest absolute Gasteiger partial charge is 0.495 e. The van der Waals surface area contributed by atoms with E-state index in [2.05, 4.69) is 10.3 Å². The highest BCUT2D eigenvalue weighted by Gasteiger charge is 2.18. The lowest BCUT2D eigenvalue weighted by atomic mass is 10.2. The molecule has 0 bridgehead atoms. The molecule has 0 fully saturated rings. The molecule has 2 aromatic rings. The van der Waals surface area contributed by atoms with Crippen molar-refractivity contribution >= 4 is 11.7 Å². The zero-order chi connectivity index (χ0) is 16.8. The van der Waals surface area contributed by atoms with Gasteiger partial charge in [0, 0.05) is 26.0 Å². The molecule has 7 heteroatoms. The number of amides is 2. The lowest BCUT2D eigenvalue weighted by Crippen LogP contribution is -2.37. The highest BCUT2D eigenvalue weighted by atomic mass is 16.5. The molecule has 0 saturated carbocycles. The smallest absolute Gasteiger partial charge is 0.322 e. The Balaban J connectivity index is 2.17. The third-order valence-electron chi connectivity index (χ3n) is 3.60. The fourth-order valence-corrected chi connectivity index (χ4v) is 2.25. The molecule has 2 N–H and O–H groups in total. The number of carbonyl (C=O) groups excluding carboxylic acids is 1. The minimum Gasteiger partial charge on any atom is -0.495 e. The van der Waals surface area contributed by atoms with Gasteiger partial charge in [-0.05, 0) is 18.6 Å². The van der Waals surface area contributed by atoms with Crippen LogP contribution in [0.4, 0.5) is 10.5 Å². The van der Waals surface area contributed by atoms with E-state index in [4.69, 9.17) is 4.74 Å². The number of carbonyl (C=O) groups is 1. The van der Waals surface area contributed by atoms with Crippen molar-refractivity contribution in [3.05, 3.63) is 42.0 Å². The summed E-state index contributed by atoms with van der Waals surface area (Å²) in [5.41, 5.74) is 1.53. The molecule has 0 saturated heterocycles. The number of rotatable bonds is 6. The number of aliphatic hydroxyl groups is 1. The summed E-state index contributed by atoms with van der Waals surface area (Å²) in [7, 11) is 3.42. The van der Waals surface area contributed by atoms with Crippen LogP contribution < -0.4 is 10.1 Å². The Morgan fingerprint density at radius 1 is 1.48 bits per heavy atom. The summed E-state index contributed by atoms with van der Waals surface area (Å²) in [5.74, 6) is 1.34. The number of hydrogen-bond acceptors (Lipinski definition) is 4. The van der Waals surface area contributed by atoms with E-state index >= 15 is 0 Å². The van der Waals surface area contributed by atoms with Crippen LogP contribution in [0, 0.1) is 6.92 Å². The number of aliphatic hydroxyl groups excluding tert-OH is 1. The van der Waals surface area contributed by atoms with Crippen LogP contribution in [0.3, 0.4) is 0 Å². The first-order valence-corrected chi connectivity index (χ1v) is 7.33. The number of nitrogens with zero attached hydrogens (tertiary/aromatic N) is 3. The Labute approximate surface area is 135 Å². The molecule has 1 aromatic heterocycles. The first-order valence-electron chi connectivity index (χ1n) is 7.33. The third-order valence-corrected chi connectivity index (χ3v) is 3.60. The number of methoxy groups -OCH3 is 1. The standard InChI is InChI=1S/C16H22N4O3/c1-12-5-4-6-13(23-3)15(12)18-16(22)20(9-10-21)11-14-17-7-8-19(14)2/h4-8,21H,9-11H2,1-3H3,(H,18,22). The topological polar surface area (TPSA) is 79.6 Å². The fraction of sp³-hybridized carbons (Fsp3) is 0.375. The second-order valence-electron chi connectivity index (χ2n) is 5.18. The maximum absolute atomic E-state index is 12.6. The summed E-state index contributed by atoms with van der Waals surface area (Å²) in [5, 5.41) is 12.1. The molecule has 0 aliphatic heterocycles. The van der Waals surface area contributed by atoms with Crippen molar-refractivity contribution in [3.8, 4) is 5.75 Å².